The lowest BCUT2D eigenvalue weighted by atomic mass is 9.57. The van der Waals surface area contributed by atoms with Gasteiger partial charge in [-0.3, -0.25) is 4.79 Å². The van der Waals surface area contributed by atoms with E-state index in [9.17, 15) is 14.7 Å². The van der Waals surface area contributed by atoms with Gasteiger partial charge in [0.2, 0.25) is 0 Å². The third kappa shape index (κ3) is 2.08. The molecule has 6 nitrogen and oxygen atoms in total. The van der Waals surface area contributed by atoms with Gasteiger partial charge in [-0.05, 0) is 52.5 Å². The zero-order chi connectivity index (χ0) is 22.0. The number of fused-ring (bicyclic) bond motifs is 4. The Kier molecular flexibility index (Phi) is 3.45. The van der Waals surface area contributed by atoms with Crippen LogP contribution in [0.25, 0.3) is 0 Å². The maximum absolute atomic E-state index is 13.6. The van der Waals surface area contributed by atoms with E-state index in [-0.39, 0.29) is 23.8 Å². The number of carbonyl (C=O) groups excluding carboxylic acids is 2. The Morgan fingerprint density at radius 1 is 1.16 bits per heavy atom. The summed E-state index contributed by atoms with van der Waals surface area (Å²) >= 11 is 0. The Labute approximate surface area is 181 Å². The molecule has 0 radical (unpaired) electrons. The monoisotopic (exact) mass is 424 g/mol. The first kappa shape index (κ1) is 19.4. The second-order valence-corrected chi connectivity index (χ2v) is 11.0. The number of ether oxygens (including phenoxy) is 2. The van der Waals surface area contributed by atoms with Crippen molar-refractivity contribution in [1.82, 2.24) is 0 Å². The first-order valence-electron chi connectivity index (χ1n) is 11.2. The van der Waals surface area contributed by atoms with Crippen LogP contribution in [-0.4, -0.2) is 28.2 Å². The Morgan fingerprint density at radius 2 is 1.94 bits per heavy atom. The van der Waals surface area contributed by atoms with Crippen molar-refractivity contribution in [3.05, 3.63) is 47.0 Å². The van der Waals surface area contributed by atoms with Gasteiger partial charge in [-0.1, -0.05) is 24.1 Å². The zero-order valence-corrected chi connectivity index (χ0v) is 18.4. The summed E-state index contributed by atoms with van der Waals surface area (Å²) < 4.78 is 17.1. The number of aliphatic hydroxyl groups is 1. The van der Waals surface area contributed by atoms with E-state index in [0.29, 0.717) is 31.3 Å². The summed E-state index contributed by atoms with van der Waals surface area (Å²) in [4.78, 5) is 26.8. The largest absolute Gasteiger partial charge is 0.472 e. The quantitative estimate of drug-likeness (QED) is 0.541. The van der Waals surface area contributed by atoms with Gasteiger partial charge >= 0.3 is 11.9 Å². The van der Waals surface area contributed by atoms with Crippen LogP contribution < -0.4 is 0 Å². The highest BCUT2D eigenvalue weighted by atomic mass is 16.6. The molecule has 7 rings (SSSR count). The van der Waals surface area contributed by atoms with Gasteiger partial charge in [0, 0.05) is 28.4 Å². The number of hydrogen-bond donors (Lipinski definition) is 1. The summed E-state index contributed by atoms with van der Waals surface area (Å²) in [7, 11) is 0. The summed E-state index contributed by atoms with van der Waals surface area (Å²) in [5.41, 5.74) is -0.120. The zero-order valence-electron chi connectivity index (χ0n) is 18.4. The molecule has 31 heavy (non-hydrogen) atoms. The predicted molar refractivity (Wildman–Crippen MR) is 109 cm³/mol. The summed E-state index contributed by atoms with van der Waals surface area (Å²) in [6.07, 6.45) is 6.91. The fraction of sp³-hybridized carbons (Fsp3) is 0.600. The number of rotatable bonds is 1. The van der Waals surface area contributed by atoms with Gasteiger partial charge in [0.05, 0.1) is 18.1 Å². The van der Waals surface area contributed by atoms with E-state index in [1.165, 1.54) is 0 Å². The minimum atomic E-state index is -1.26. The van der Waals surface area contributed by atoms with Crippen LogP contribution in [0.2, 0.25) is 0 Å². The molecule has 164 valence electrons. The van der Waals surface area contributed by atoms with Gasteiger partial charge in [-0.25, -0.2) is 4.79 Å². The molecule has 6 heteroatoms. The highest BCUT2D eigenvalue weighted by Gasteiger charge is 2.73. The van der Waals surface area contributed by atoms with Gasteiger partial charge in [0.25, 0.3) is 0 Å². The molecule has 3 aliphatic carbocycles. The molecule has 3 aliphatic heterocycles. The first-order chi connectivity index (χ1) is 14.5. The van der Waals surface area contributed by atoms with E-state index in [2.05, 4.69) is 6.92 Å². The predicted octanol–water partition coefficient (Wildman–Crippen LogP) is 4.01. The molecule has 1 spiro atoms. The minimum Gasteiger partial charge on any atom is -0.472 e. The number of furan rings is 1. The highest BCUT2D eigenvalue weighted by molar-refractivity contribution is 5.95. The minimum absolute atomic E-state index is 0.0524. The van der Waals surface area contributed by atoms with Gasteiger partial charge in [0.15, 0.2) is 0 Å². The fourth-order valence-electron chi connectivity index (χ4n) is 7.58. The van der Waals surface area contributed by atoms with Crippen molar-refractivity contribution < 1.29 is 28.6 Å². The fourth-order valence-corrected chi connectivity index (χ4v) is 7.58. The molecule has 1 aromatic rings. The van der Waals surface area contributed by atoms with Crippen LogP contribution in [-0.2, 0) is 19.1 Å². The lowest BCUT2D eigenvalue weighted by Gasteiger charge is -2.45. The highest BCUT2D eigenvalue weighted by Crippen LogP contribution is 2.70. The van der Waals surface area contributed by atoms with Crippen molar-refractivity contribution in [2.45, 2.75) is 70.7 Å². The van der Waals surface area contributed by atoms with Crippen molar-refractivity contribution in [2.24, 2.45) is 22.7 Å². The molecule has 1 saturated carbocycles. The van der Waals surface area contributed by atoms with Crippen LogP contribution in [0.1, 0.15) is 65.0 Å². The van der Waals surface area contributed by atoms with Crippen LogP contribution in [0, 0.1) is 22.7 Å². The van der Waals surface area contributed by atoms with Gasteiger partial charge < -0.3 is 19.0 Å². The second kappa shape index (κ2) is 5.52. The topological polar surface area (TPSA) is 86.0 Å². The molecular formula is C25H28O6. The normalized spacial score (nSPS) is 44.8. The third-order valence-electron chi connectivity index (χ3n) is 9.00. The molecule has 2 saturated heterocycles. The lowest BCUT2D eigenvalue weighted by molar-refractivity contribution is -0.173. The lowest BCUT2D eigenvalue weighted by Crippen LogP contribution is -2.53. The van der Waals surface area contributed by atoms with Crippen molar-refractivity contribution in [3.63, 3.8) is 0 Å². The molecule has 2 bridgehead atoms. The Bertz CT molecular complexity index is 1080. The van der Waals surface area contributed by atoms with Crippen molar-refractivity contribution >= 4 is 11.9 Å². The van der Waals surface area contributed by atoms with Crippen LogP contribution in [0.15, 0.2) is 45.8 Å². The number of cyclic esters (lactones) is 1. The van der Waals surface area contributed by atoms with Gasteiger partial charge in [-0.15, -0.1) is 0 Å². The van der Waals surface area contributed by atoms with Crippen LogP contribution >= 0.6 is 0 Å². The van der Waals surface area contributed by atoms with Gasteiger partial charge in [0.1, 0.15) is 17.1 Å². The molecular weight excluding hydrogens is 396 g/mol. The summed E-state index contributed by atoms with van der Waals surface area (Å²) in [6, 6.07) is 1.83. The van der Waals surface area contributed by atoms with E-state index in [4.69, 9.17) is 13.9 Å². The van der Waals surface area contributed by atoms with Crippen molar-refractivity contribution in [1.29, 1.82) is 0 Å². The average molecular weight is 424 g/mol. The van der Waals surface area contributed by atoms with Crippen LogP contribution in [0.4, 0.5) is 0 Å². The first-order valence-corrected chi connectivity index (χ1v) is 11.2. The molecule has 3 fully saturated rings. The summed E-state index contributed by atoms with van der Waals surface area (Å²) in [5.74, 6) is -1.01. The van der Waals surface area contributed by atoms with E-state index < -0.39 is 28.1 Å². The molecule has 1 aromatic heterocycles. The molecule has 6 atom stereocenters. The Balaban J connectivity index is 1.55. The molecule has 0 aromatic carbocycles. The SMILES string of the molecule is CC1=C[C@@]23C(=O)OC(C)(C)[C@@H]1C[C@@]2(O)CC1=C2C(=O)O[C@@H](c4ccoc4)C2(C)CC[C@H]13. The molecule has 1 unspecified atom stereocenters. The van der Waals surface area contributed by atoms with Gasteiger partial charge in [-0.2, -0.15) is 0 Å². The second-order valence-electron chi connectivity index (χ2n) is 11.0. The maximum Gasteiger partial charge on any atom is 0.335 e. The number of carbonyl (C=O) groups is 2. The van der Waals surface area contributed by atoms with E-state index in [1.807, 2.05) is 32.9 Å². The van der Waals surface area contributed by atoms with E-state index >= 15 is 0 Å². The maximum atomic E-state index is 13.6. The Morgan fingerprint density at radius 3 is 2.65 bits per heavy atom. The molecule has 1 N–H and O–H groups in total. The number of hydrogen-bond acceptors (Lipinski definition) is 6. The average Bonchev–Trinajstić information content (AvgIpc) is 3.33. The van der Waals surface area contributed by atoms with Crippen LogP contribution in [0.5, 0.6) is 0 Å². The number of esters is 2. The summed E-state index contributed by atoms with van der Waals surface area (Å²) in [6.45, 7) is 7.95. The standard InChI is InChI=1S/C25H28O6/c1-13-9-25-16-5-7-23(4)18(20(26)30-19(23)14-6-8-29-12-14)15(16)10-24(25,28)11-17(13)22(2,3)31-21(25)27/h6,8-9,12,16-17,19,28H,5,7,10-11H2,1-4H3/t16-,17-,19+,23?,24+,25-/m1/s1. The van der Waals surface area contributed by atoms with Crippen molar-refractivity contribution in [2.75, 3.05) is 0 Å². The summed E-state index contributed by atoms with van der Waals surface area (Å²) in [5, 5.41) is 12.0. The van der Waals surface area contributed by atoms with Crippen LogP contribution in [0.3, 0.4) is 0 Å². The Hall–Kier alpha value is -2.34. The molecule has 0 amide bonds. The smallest absolute Gasteiger partial charge is 0.335 e. The van der Waals surface area contributed by atoms with E-state index in [1.54, 1.807) is 12.5 Å². The molecule has 4 heterocycles. The van der Waals surface area contributed by atoms with E-state index in [0.717, 1.165) is 16.7 Å². The molecule has 6 aliphatic rings. The third-order valence-corrected chi connectivity index (χ3v) is 9.00. The van der Waals surface area contributed by atoms with Crippen molar-refractivity contribution in [3.8, 4) is 0 Å².